The van der Waals surface area contributed by atoms with Crippen molar-refractivity contribution < 1.29 is 9.53 Å². The van der Waals surface area contributed by atoms with Gasteiger partial charge in [0.05, 0.1) is 22.9 Å². The Morgan fingerprint density at radius 1 is 1.08 bits per heavy atom. The highest BCUT2D eigenvalue weighted by Gasteiger charge is 2.14. The van der Waals surface area contributed by atoms with Gasteiger partial charge in [0.25, 0.3) is 5.91 Å². The van der Waals surface area contributed by atoms with Crippen LogP contribution >= 0.6 is 23.2 Å². The summed E-state index contributed by atoms with van der Waals surface area (Å²) in [5, 5.41) is 3.73. The van der Waals surface area contributed by atoms with Crippen molar-refractivity contribution in [2.75, 3.05) is 11.9 Å². The average Bonchev–Trinajstić information content (AvgIpc) is 2.58. The molecule has 2 aromatic carbocycles. The van der Waals surface area contributed by atoms with Crippen LogP contribution in [0.4, 0.5) is 5.69 Å². The molecule has 24 heavy (non-hydrogen) atoms. The van der Waals surface area contributed by atoms with E-state index in [-0.39, 0.29) is 5.91 Å². The minimum Gasteiger partial charge on any atom is -0.493 e. The van der Waals surface area contributed by atoms with Gasteiger partial charge in [-0.15, -0.1) is 0 Å². The number of nitrogens with one attached hydrogen (secondary N) is 1. The third kappa shape index (κ3) is 5.43. The second-order valence-corrected chi connectivity index (χ2v) is 6.33. The summed E-state index contributed by atoms with van der Waals surface area (Å²) in [4.78, 5) is 12.5. The Morgan fingerprint density at radius 2 is 1.88 bits per heavy atom. The standard InChI is InChI=1S/C19H21Cl2NO2/c1-2-3-4-7-12-24-18-9-6-5-8-15(18)19(23)22-17-13-14(20)10-11-16(17)21/h5-6,8-11,13H,2-4,7,12H2,1H3,(H,22,23). The molecule has 0 bridgehead atoms. The zero-order chi connectivity index (χ0) is 17.4. The number of benzene rings is 2. The van der Waals surface area contributed by atoms with Crippen molar-refractivity contribution in [3.63, 3.8) is 0 Å². The minimum absolute atomic E-state index is 0.275. The Balaban J connectivity index is 2.05. The van der Waals surface area contributed by atoms with Gasteiger partial charge in [-0.25, -0.2) is 0 Å². The van der Waals surface area contributed by atoms with Gasteiger partial charge in [-0.1, -0.05) is 61.5 Å². The number of amides is 1. The lowest BCUT2D eigenvalue weighted by Gasteiger charge is -2.12. The van der Waals surface area contributed by atoms with Crippen LogP contribution in [-0.2, 0) is 0 Å². The van der Waals surface area contributed by atoms with Crippen LogP contribution in [-0.4, -0.2) is 12.5 Å². The van der Waals surface area contributed by atoms with Crippen molar-refractivity contribution in [1.29, 1.82) is 0 Å². The van der Waals surface area contributed by atoms with Gasteiger partial charge in [0.1, 0.15) is 5.75 Å². The van der Waals surface area contributed by atoms with Crippen LogP contribution in [0, 0.1) is 0 Å². The van der Waals surface area contributed by atoms with Crippen LogP contribution < -0.4 is 10.1 Å². The first-order valence-corrected chi connectivity index (χ1v) is 8.85. The number of anilines is 1. The Morgan fingerprint density at radius 3 is 2.67 bits per heavy atom. The molecular formula is C19H21Cl2NO2. The molecular weight excluding hydrogens is 345 g/mol. The highest BCUT2D eigenvalue weighted by atomic mass is 35.5. The molecule has 1 N–H and O–H groups in total. The normalized spacial score (nSPS) is 10.5. The monoisotopic (exact) mass is 365 g/mol. The lowest BCUT2D eigenvalue weighted by molar-refractivity contribution is 0.102. The van der Waals surface area contributed by atoms with Crippen molar-refractivity contribution in [2.45, 2.75) is 32.6 Å². The molecule has 2 aromatic rings. The second-order valence-electron chi connectivity index (χ2n) is 5.48. The lowest BCUT2D eigenvalue weighted by Crippen LogP contribution is -2.14. The van der Waals surface area contributed by atoms with Gasteiger partial charge in [0, 0.05) is 5.02 Å². The highest BCUT2D eigenvalue weighted by molar-refractivity contribution is 6.35. The average molecular weight is 366 g/mol. The van der Waals surface area contributed by atoms with E-state index in [1.165, 1.54) is 12.8 Å². The summed E-state index contributed by atoms with van der Waals surface area (Å²) in [7, 11) is 0. The number of ether oxygens (including phenoxy) is 1. The number of hydrogen-bond acceptors (Lipinski definition) is 2. The Hall–Kier alpha value is -1.71. The molecule has 0 saturated carbocycles. The SMILES string of the molecule is CCCCCCOc1ccccc1C(=O)Nc1cc(Cl)ccc1Cl. The van der Waals surface area contributed by atoms with Gasteiger partial charge < -0.3 is 10.1 Å². The molecule has 128 valence electrons. The van der Waals surface area contributed by atoms with E-state index in [0.29, 0.717) is 33.7 Å². The van der Waals surface area contributed by atoms with E-state index in [0.717, 1.165) is 12.8 Å². The first-order chi connectivity index (χ1) is 11.6. The van der Waals surface area contributed by atoms with E-state index < -0.39 is 0 Å². The Bertz CT molecular complexity index is 689. The zero-order valence-electron chi connectivity index (χ0n) is 13.6. The number of hydrogen-bond donors (Lipinski definition) is 1. The fourth-order valence-corrected chi connectivity index (χ4v) is 2.61. The van der Waals surface area contributed by atoms with Gasteiger partial charge in [-0.2, -0.15) is 0 Å². The molecule has 0 fully saturated rings. The number of carbonyl (C=O) groups excluding carboxylic acids is 1. The van der Waals surface area contributed by atoms with E-state index in [2.05, 4.69) is 12.2 Å². The van der Waals surface area contributed by atoms with E-state index in [4.69, 9.17) is 27.9 Å². The Labute approximate surface area is 152 Å². The van der Waals surface area contributed by atoms with Gasteiger partial charge >= 0.3 is 0 Å². The predicted octanol–water partition coefficient (Wildman–Crippen LogP) is 6.20. The molecule has 0 radical (unpaired) electrons. The van der Waals surface area contributed by atoms with E-state index >= 15 is 0 Å². The minimum atomic E-state index is -0.275. The summed E-state index contributed by atoms with van der Waals surface area (Å²) in [5.74, 6) is 0.299. The number of rotatable bonds is 8. The van der Waals surface area contributed by atoms with Crippen molar-refractivity contribution >= 4 is 34.8 Å². The fourth-order valence-electron chi connectivity index (χ4n) is 2.27. The highest BCUT2D eigenvalue weighted by Crippen LogP contribution is 2.27. The van der Waals surface area contributed by atoms with Gasteiger partial charge in [0.15, 0.2) is 0 Å². The van der Waals surface area contributed by atoms with Crippen LogP contribution in [0.3, 0.4) is 0 Å². The largest absolute Gasteiger partial charge is 0.493 e. The molecule has 0 aromatic heterocycles. The van der Waals surface area contributed by atoms with Gasteiger partial charge in [-0.3, -0.25) is 4.79 Å². The molecule has 1 amide bonds. The number of para-hydroxylation sites is 1. The summed E-state index contributed by atoms with van der Waals surface area (Å²) in [6, 6.07) is 12.1. The zero-order valence-corrected chi connectivity index (χ0v) is 15.2. The molecule has 0 heterocycles. The summed E-state index contributed by atoms with van der Waals surface area (Å²) in [5.41, 5.74) is 0.955. The quantitative estimate of drug-likeness (QED) is 0.565. The maximum absolute atomic E-state index is 12.5. The van der Waals surface area contributed by atoms with E-state index in [9.17, 15) is 4.79 Å². The van der Waals surface area contributed by atoms with Crippen molar-refractivity contribution in [3.05, 3.63) is 58.1 Å². The van der Waals surface area contributed by atoms with Crippen molar-refractivity contribution in [2.24, 2.45) is 0 Å². The molecule has 0 spiro atoms. The van der Waals surface area contributed by atoms with Crippen LogP contribution in [0.15, 0.2) is 42.5 Å². The maximum Gasteiger partial charge on any atom is 0.259 e. The topological polar surface area (TPSA) is 38.3 Å². The molecule has 0 unspecified atom stereocenters. The first-order valence-electron chi connectivity index (χ1n) is 8.10. The van der Waals surface area contributed by atoms with Gasteiger partial charge in [-0.05, 0) is 36.8 Å². The first kappa shape index (κ1) is 18.6. The Kier molecular flexibility index (Phi) is 7.41. The molecule has 0 aliphatic rings. The summed E-state index contributed by atoms with van der Waals surface area (Å²) in [6.07, 6.45) is 4.48. The number of unbranched alkanes of at least 4 members (excludes halogenated alkanes) is 3. The molecule has 0 saturated heterocycles. The van der Waals surface area contributed by atoms with Crippen LogP contribution in [0.2, 0.25) is 10.0 Å². The summed E-state index contributed by atoms with van der Waals surface area (Å²) < 4.78 is 5.78. The summed E-state index contributed by atoms with van der Waals surface area (Å²) in [6.45, 7) is 2.77. The van der Waals surface area contributed by atoms with Gasteiger partial charge in [0.2, 0.25) is 0 Å². The maximum atomic E-state index is 12.5. The molecule has 0 aliphatic heterocycles. The third-order valence-electron chi connectivity index (χ3n) is 3.56. The van der Waals surface area contributed by atoms with Crippen LogP contribution in [0.1, 0.15) is 43.0 Å². The molecule has 0 aliphatic carbocycles. The molecule has 2 rings (SSSR count). The lowest BCUT2D eigenvalue weighted by atomic mass is 10.1. The number of carbonyl (C=O) groups is 1. The van der Waals surface area contributed by atoms with E-state index in [1.54, 1.807) is 36.4 Å². The molecule has 5 heteroatoms. The summed E-state index contributed by atoms with van der Waals surface area (Å²) >= 11 is 12.0. The van der Waals surface area contributed by atoms with Crippen molar-refractivity contribution in [1.82, 2.24) is 0 Å². The predicted molar refractivity (Wildman–Crippen MR) is 100 cm³/mol. The molecule has 0 atom stereocenters. The van der Waals surface area contributed by atoms with Crippen LogP contribution in [0.5, 0.6) is 5.75 Å². The van der Waals surface area contributed by atoms with Crippen molar-refractivity contribution in [3.8, 4) is 5.75 Å². The third-order valence-corrected chi connectivity index (χ3v) is 4.13. The molecule has 3 nitrogen and oxygen atoms in total. The fraction of sp³-hybridized carbons (Fsp3) is 0.316. The number of halogens is 2. The van der Waals surface area contributed by atoms with Crippen LogP contribution in [0.25, 0.3) is 0 Å². The van der Waals surface area contributed by atoms with E-state index in [1.807, 2.05) is 6.07 Å². The smallest absolute Gasteiger partial charge is 0.259 e. The second kappa shape index (κ2) is 9.55.